The second kappa shape index (κ2) is 8.23. The van der Waals surface area contributed by atoms with Crippen molar-refractivity contribution in [2.24, 2.45) is 5.92 Å². The maximum absolute atomic E-state index is 12.7. The van der Waals surface area contributed by atoms with Crippen molar-refractivity contribution in [3.05, 3.63) is 60.0 Å². The Morgan fingerprint density at radius 2 is 2.00 bits per heavy atom. The van der Waals surface area contributed by atoms with E-state index in [-0.39, 0.29) is 29.5 Å². The molecule has 29 heavy (non-hydrogen) atoms. The highest BCUT2D eigenvalue weighted by atomic mass is 16.4. The number of benzene rings is 1. The van der Waals surface area contributed by atoms with Crippen molar-refractivity contribution < 1.29 is 13.6 Å². The minimum atomic E-state index is -0.0598. The summed E-state index contributed by atoms with van der Waals surface area (Å²) in [5, 5.41) is 12.5. The summed E-state index contributed by atoms with van der Waals surface area (Å²) >= 11 is 0. The quantitative estimate of drug-likeness (QED) is 0.710. The summed E-state index contributed by atoms with van der Waals surface area (Å²) in [4.78, 5) is 18.9. The van der Waals surface area contributed by atoms with Gasteiger partial charge in [-0.3, -0.25) is 4.79 Å². The van der Waals surface area contributed by atoms with E-state index < -0.39 is 0 Å². The van der Waals surface area contributed by atoms with Crippen molar-refractivity contribution in [2.75, 3.05) is 18.0 Å². The molecule has 1 N–H and O–H groups in total. The highest BCUT2D eigenvalue weighted by molar-refractivity contribution is 5.79. The molecular formula is C22H22N4O3. The van der Waals surface area contributed by atoms with E-state index in [1.54, 1.807) is 12.1 Å². The lowest BCUT2D eigenvalue weighted by atomic mass is 9.95. The monoisotopic (exact) mass is 390 g/mol. The Labute approximate surface area is 168 Å². The fraction of sp³-hybridized carbons (Fsp3) is 0.318. The molecule has 2 aromatic heterocycles. The largest absolute Gasteiger partial charge is 0.459 e. The van der Waals surface area contributed by atoms with Gasteiger partial charge >= 0.3 is 0 Å². The molecule has 1 fully saturated rings. The van der Waals surface area contributed by atoms with Crippen LogP contribution in [-0.4, -0.2) is 24.0 Å². The van der Waals surface area contributed by atoms with Gasteiger partial charge in [0, 0.05) is 19.0 Å². The van der Waals surface area contributed by atoms with E-state index >= 15 is 0 Å². The van der Waals surface area contributed by atoms with Crippen LogP contribution in [0.3, 0.4) is 0 Å². The number of furan rings is 1. The van der Waals surface area contributed by atoms with Gasteiger partial charge in [-0.2, -0.15) is 10.2 Å². The molecular weight excluding hydrogens is 368 g/mol. The number of hydrogen-bond donors (Lipinski definition) is 1. The summed E-state index contributed by atoms with van der Waals surface area (Å²) in [5.41, 5.74) is 1.32. The summed E-state index contributed by atoms with van der Waals surface area (Å²) in [7, 11) is 0. The van der Waals surface area contributed by atoms with Crippen LogP contribution in [0.1, 0.15) is 37.1 Å². The second-order valence-electron chi connectivity index (χ2n) is 7.16. The SMILES string of the molecule is CC(NC(=O)C1CCN(c2oc(-c3ccco3)nc2C#N)CC1)c1ccccc1. The molecule has 1 amide bonds. The molecule has 7 nitrogen and oxygen atoms in total. The van der Waals surface area contributed by atoms with E-state index in [0.29, 0.717) is 37.6 Å². The van der Waals surface area contributed by atoms with Gasteiger partial charge in [0.25, 0.3) is 5.89 Å². The average molecular weight is 390 g/mol. The number of anilines is 1. The highest BCUT2D eigenvalue weighted by Crippen LogP contribution is 2.31. The van der Waals surface area contributed by atoms with Crippen LogP contribution < -0.4 is 10.2 Å². The normalized spacial score (nSPS) is 15.7. The fourth-order valence-corrected chi connectivity index (χ4v) is 3.61. The molecule has 148 valence electrons. The molecule has 0 saturated carbocycles. The van der Waals surface area contributed by atoms with E-state index in [1.807, 2.05) is 42.2 Å². The van der Waals surface area contributed by atoms with Crippen molar-refractivity contribution in [1.29, 1.82) is 5.26 Å². The third-order valence-electron chi connectivity index (χ3n) is 5.26. The van der Waals surface area contributed by atoms with Crippen molar-refractivity contribution in [1.82, 2.24) is 10.3 Å². The van der Waals surface area contributed by atoms with Crippen LogP contribution in [-0.2, 0) is 4.79 Å². The van der Waals surface area contributed by atoms with Crippen molar-refractivity contribution in [3.8, 4) is 17.7 Å². The number of hydrogen-bond acceptors (Lipinski definition) is 6. The Hall–Kier alpha value is -3.53. The zero-order valence-corrected chi connectivity index (χ0v) is 16.2. The highest BCUT2D eigenvalue weighted by Gasteiger charge is 2.29. The lowest BCUT2D eigenvalue weighted by Gasteiger charge is -2.31. The zero-order chi connectivity index (χ0) is 20.2. The lowest BCUT2D eigenvalue weighted by Crippen LogP contribution is -2.41. The Balaban J connectivity index is 1.38. The molecule has 0 aliphatic carbocycles. The third kappa shape index (κ3) is 4.02. The average Bonchev–Trinajstić information content (AvgIpc) is 3.44. The van der Waals surface area contributed by atoms with Crippen LogP contribution in [0, 0.1) is 17.2 Å². The van der Waals surface area contributed by atoms with Crippen LogP contribution >= 0.6 is 0 Å². The number of aromatic nitrogens is 1. The molecule has 1 saturated heterocycles. The summed E-state index contributed by atoms with van der Waals surface area (Å²) in [6.07, 6.45) is 2.91. The number of nitriles is 1. The van der Waals surface area contributed by atoms with Gasteiger partial charge in [0.2, 0.25) is 17.5 Å². The third-order valence-corrected chi connectivity index (χ3v) is 5.26. The number of carbonyl (C=O) groups is 1. The number of oxazole rings is 1. The molecule has 7 heteroatoms. The zero-order valence-electron chi connectivity index (χ0n) is 16.2. The topological polar surface area (TPSA) is 95.3 Å². The first-order chi connectivity index (χ1) is 14.2. The Morgan fingerprint density at radius 1 is 1.24 bits per heavy atom. The van der Waals surface area contributed by atoms with Crippen LogP contribution in [0.5, 0.6) is 0 Å². The van der Waals surface area contributed by atoms with E-state index in [2.05, 4.69) is 16.4 Å². The maximum Gasteiger partial charge on any atom is 0.266 e. The standard InChI is InChI=1S/C22H22N4O3/c1-15(16-6-3-2-4-7-16)24-20(27)17-9-11-26(12-10-17)22-18(14-23)25-21(29-22)19-8-5-13-28-19/h2-8,13,15,17H,9-12H2,1H3,(H,24,27). The van der Waals surface area contributed by atoms with E-state index in [0.717, 1.165) is 5.56 Å². The molecule has 1 atom stereocenters. The second-order valence-corrected chi connectivity index (χ2v) is 7.16. The summed E-state index contributed by atoms with van der Waals surface area (Å²) < 4.78 is 11.1. The van der Waals surface area contributed by atoms with Gasteiger partial charge in [-0.25, -0.2) is 0 Å². The Bertz CT molecular complexity index is 997. The first kappa shape index (κ1) is 18.8. The number of amides is 1. The lowest BCUT2D eigenvalue weighted by molar-refractivity contribution is -0.126. The van der Waals surface area contributed by atoms with Gasteiger partial charge in [-0.05, 0) is 37.5 Å². The van der Waals surface area contributed by atoms with Crippen LogP contribution in [0.2, 0.25) is 0 Å². The summed E-state index contributed by atoms with van der Waals surface area (Å²) in [5.74, 6) is 1.22. The Morgan fingerprint density at radius 3 is 2.66 bits per heavy atom. The number of carbonyl (C=O) groups excluding carboxylic acids is 1. The molecule has 0 bridgehead atoms. The molecule has 1 aliphatic heterocycles. The number of piperidine rings is 1. The van der Waals surface area contributed by atoms with Gasteiger partial charge in [0.05, 0.1) is 12.3 Å². The number of nitrogens with one attached hydrogen (secondary N) is 1. The molecule has 3 heterocycles. The molecule has 1 aromatic carbocycles. The van der Waals surface area contributed by atoms with Crippen molar-refractivity contribution in [3.63, 3.8) is 0 Å². The van der Waals surface area contributed by atoms with Crippen molar-refractivity contribution in [2.45, 2.75) is 25.8 Å². The minimum Gasteiger partial charge on any atom is -0.459 e. The smallest absolute Gasteiger partial charge is 0.266 e. The summed E-state index contributed by atoms with van der Waals surface area (Å²) in [6.45, 7) is 3.24. The van der Waals surface area contributed by atoms with E-state index in [9.17, 15) is 10.1 Å². The van der Waals surface area contributed by atoms with E-state index in [1.165, 1.54) is 6.26 Å². The predicted molar refractivity (Wildman–Crippen MR) is 107 cm³/mol. The maximum atomic E-state index is 12.7. The van der Waals surface area contributed by atoms with Crippen LogP contribution in [0.4, 0.5) is 5.88 Å². The molecule has 3 aromatic rings. The van der Waals surface area contributed by atoms with Gasteiger partial charge < -0.3 is 19.1 Å². The first-order valence-corrected chi connectivity index (χ1v) is 9.70. The summed E-state index contributed by atoms with van der Waals surface area (Å²) in [6, 6.07) is 15.5. The molecule has 1 aliphatic rings. The van der Waals surface area contributed by atoms with Gasteiger partial charge in [0.1, 0.15) is 6.07 Å². The fourth-order valence-electron chi connectivity index (χ4n) is 3.61. The molecule has 4 rings (SSSR count). The van der Waals surface area contributed by atoms with Gasteiger partial charge in [0.15, 0.2) is 5.76 Å². The number of nitrogens with zero attached hydrogens (tertiary/aromatic N) is 3. The van der Waals surface area contributed by atoms with Gasteiger partial charge in [-0.15, -0.1) is 0 Å². The first-order valence-electron chi connectivity index (χ1n) is 9.70. The molecule has 0 spiro atoms. The van der Waals surface area contributed by atoms with E-state index in [4.69, 9.17) is 8.83 Å². The molecule has 0 radical (unpaired) electrons. The predicted octanol–water partition coefficient (Wildman–Crippen LogP) is 3.90. The van der Waals surface area contributed by atoms with Crippen molar-refractivity contribution >= 4 is 11.8 Å². The number of rotatable bonds is 5. The molecule has 1 unspecified atom stereocenters. The minimum absolute atomic E-state index is 0.0305. The Kier molecular flexibility index (Phi) is 5.34. The van der Waals surface area contributed by atoms with Crippen LogP contribution in [0.15, 0.2) is 57.6 Å². The van der Waals surface area contributed by atoms with Crippen LogP contribution in [0.25, 0.3) is 11.7 Å². The van der Waals surface area contributed by atoms with Gasteiger partial charge in [-0.1, -0.05) is 30.3 Å².